The first-order valence-corrected chi connectivity index (χ1v) is 24.7. The molecule has 1 spiro atoms. The molecule has 1 saturated carbocycles. The number of hydrogen-bond donors (Lipinski definition) is 0. The van der Waals surface area contributed by atoms with E-state index in [9.17, 15) is 0 Å². The predicted octanol–water partition coefficient (Wildman–Crippen LogP) is 15.4. The molecule has 4 aliphatic rings. The third-order valence-electron chi connectivity index (χ3n) is 15.6. The third-order valence-corrected chi connectivity index (χ3v) is 15.6. The van der Waals surface area contributed by atoms with E-state index in [0.29, 0.717) is 0 Å². The molecule has 2 heterocycles. The second-order valence-corrected chi connectivity index (χ2v) is 21.8. The van der Waals surface area contributed by atoms with Crippen molar-refractivity contribution in [2.24, 2.45) is 0 Å². The molecule has 0 N–H and O–H groups in total. The van der Waals surface area contributed by atoms with Crippen LogP contribution in [0, 0.1) is 6.92 Å². The minimum atomic E-state index is -0.0307. The van der Waals surface area contributed by atoms with E-state index in [1.165, 1.54) is 122 Å². The monoisotopic (exact) mass is 869 g/mol. The van der Waals surface area contributed by atoms with Crippen molar-refractivity contribution >= 4 is 74.3 Å². The molecule has 2 aliphatic heterocycles. The fraction of sp³-hybridized carbons (Fsp3) is 0.238. The second-order valence-electron chi connectivity index (χ2n) is 21.8. The van der Waals surface area contributed by atoms with E-state index in [0.717, 1.165) is 17.1 Å². The molecule has 0 bridgehead atoms. The molecule has 67 heavy (non-hydrogen) atoms. The molecular formula is C63H60BN3. The second kappa shape index (κ2) is 15.4. The molecule has 12 rings (SSSR count). The molecule has 0 aromatic heterocycles. The van der Waals surface area contributed by atoms with E-state index in [1.54, 1.807) is 0 Å². The lowest BCUT2D eigenvalue weighted by Gasteiger charge is -2.45. The average molecular weight is 870 g/mol. The number of nitrogens with zero attached hydrogens (tertiary/aromatic N) is 3. The molecule has 3 nitrogen and oxygen atoms in total. The van der Waals surface area contributed by atoms with Gasteiger partial charge in [0.05, 0.1) is 0 Å². The Kier molecular flexibility index (Phi) is 9.56. The first kappa shape index (κ1) is 41.6. The lowest BCUT2D eigenvalue weighted by atomic mass is 9.33. The summed E-state index contributed by atoms with van der Waals surface area (Å²) in [7, 11) is 0. The molecule has 8 aromatic carbocycles. The highest BCUT2D eigenvalue weighted by molar-refractivity contribution is 7.00. The van der Waals surface area contributed by atoms with Crippen molar-refractivity contribution in [3.05, 3.63) is 204 Å². The Morgan fingerprint density at radius 1 is 0.448 bits per heavy atom. The van der Waals surface area contributed by atoms with Gasteiger partial charge >= 0.3 is 0 Å². The molecule has 0 saturated heterocycles. The molecule has 2 aliphatic carbocycles. The quantitative estimate of drug-likeness (QED) is 0.160. The SMILES string of the molecule is Cc1cc2c3c(c1)N(c1ccc(C(C)(C)C)cc1)c1cc(N(c4ccccc4)c4ccccc4)ccc1B3c1cc(C(C)(C)C)ccc1N2c1ccc2c(c1)C1(CCCCC1)c1ccccc1-2. The van der Waals surface area contributed by atoms with Crippen LogP contribution in [0.3, 0.4) is 0 Å². The Morgan fingerprint density at radius 2 is 1.03 bits per heavy atom. The maximum absolute atomic E-state index is 2.64. The Hall–Kier alpha value is -6.78. The molecule has 0 radical (unpaired) electrons. The summed E-state index contributed by atoms with van der Waals surface area (Å²) in [4.78, 5) is 7.61. The lowest BCUT2D eigenvalue weighted by Crippen LogP contribution is -2.61. The van der Waals surface area contributed by atoms with Crippen molar-refractivity contribution in [2.75, 3.05) is 14.7 Å². The highest BCUT2D eigenvalue weighted by atomic mass is 15.2. The Morgan fingerprint density at radius 3 is 1.69 bits per heavy atom. The maximum Gasteiger partial charge on any atom is 0.252 e. The van der Waals surface area contributed by atoms with Gasteiger partial charge in [-0.3, -0.25) is 0 Å². The van der Waals surface area contributed by atoms with Gasteiger partial charge in [0.1, 0.15) is 0 Å². The van der Waals surface area contributed by atoms with Crippen molar-refractivity contribution in [1.82, 2.24) is 0 Å². The zero-order chi connectivity index (χ0) is 45.8. The summed E-state index contributed by atoms with van der Waals surface area (Å²) in [6, 6.07) is 67.4. The van der Waals surface area contributed by atoms with Crippen LogP contribution in [0.2, 0.25) is 0 Å². The highest BCUT2D eigenvalue weighted by Crippen LogP contribution is 2.57. The number of benzene rings is 8. The average Bonchev–Trinajstić information content (AvgIpc) is 3.59. The van der Waals surface area contributed by atoms with E-state index in [1.807, 2.05) is 0 Å². The molecule has 0 unspecified atom stereocenters. The van der Waals surface area contributed by atoms with Gasteiger partial charge in [0.25, 0.3) is 6.71 Å². The van der Waals surface area contributed by atoms with Crippen LogP contribution >= 0.6 is 0 Å². The van der Waals surface area contributed by atoms with Crippen LogP contribution in [0.15, 0.2) is 176 Å². The third kappa shape index (κ3) is 6.62. The van der Waals surface area contributed by atoms with Gasteiger partial charge in [0.2, 0.25) is 0 Å². The Labute approximate surface area is 398 Å². The van der Waals surface area contributed by atoms with E-state index < -0.39 is 0 Å². The summed E-state index contributed by atoms with van der Waals surface area (Å²) in [6.07, 6.45) is 6.29. The first-order valence-electron chi connectivity index (χ1n) is 24.7. The minimum absolute atomic E-state index is 0.0126. The standard InChI is InChI=1S/C63H60BN3/c1-42-37-58-60-59(38-42)67(48-30-32-51-50-23-15-16-24-52(50)63(53(51)40-48)35-17-10-18-36-63)56-34-27-44(62(5,6)7)39-55(56)64(60)54-33-31-49(65(45-19-11-8-12-20-45)46-21-13-9-14-22-46)41-57(54)66(58)47-28-25-43(26-29-47)61(2,3)4/h8-9,11-16,19-34,37-41H,10,17-18,35-36H2,1-7H3. The van der Waals surface area contributed by atoms with E-state index in [-0.39, 0.29) is 23.0 Å². The Bertz CT molecular complexity index is 3170. The fourth-order valence-corrected chi connectivity index (χ4v) is 12.3. The van der Waals surface area contributed by atoms with Crippen molar-refractivity contribution < 1.29 is 0 Å². The van der Waals surface area contributed by atoms with Crippen molar-refractivity contribution in [3.63, 3.8) is 0 Å². The fourth-order valence-electron chi connectivity index (χ4n) is 12.3. The summed E-state index contributed by atoms with van der Waals surface area (Å²) < 4.78 is 0. The van der Waals surface area contributed by atoms with Crippen LogP contribution in [0.4, 0.5) is 51.2 Å². The van der Waals surface area contributed by atoms with Crippen molar-refractivity contribution in [2.45, 2.75) is 96.8 Å². The summed E-state index contributed by atoms with van der Waals surface area (Å²) >= 11 is 0. The van der Waals surface area contributed by atoms with Gasteiger partial charge < -0.3 is 14.7 Å². The summed E-state index contributed by atoms with van der Waals surface area (Å²) in [5.74, 6) is 0. The summed E-state index contributed by atoms with van der Waals surface area (Å²) in [5, 5.41) is 0. The summed E-state index contributed by atoms with van der Waals surface area (Å²) in [6.45, 7) is 16.3. The number of para-hydroxylation sites is 2. The molecular weight excluding hydrogens is 810 g/mol. The maximum atomic E-state index is 2.64. The number of rotatable bonds is 5. The van der Waals surface area contributed by atoms with Gasteiger partial charge in [0.15, 0.2) is 0 Å². The normalized spacial score (nSPS) is 15.4. The zero-order valence-corrected chi connectivity index (χ0v) is 40.2. The van der Waals surface area contributed by atoms with E-state index in [4.69, 9.17) is 0 Å². The number of fused-ring (bicyclic) bond motifs is 9. The molecule has 0 atom stereocenters. The first-order chi connectivity index (χ1) is 32.4. The van der Waals surface area contributed by atoms with Gasteiger partial charge in [-0.2, -0.15) is 0 Å². The van der Waals surface area contributed by atoms with Crippen LogP contribution in [-0.4, -0.2) is 6.71 Å². The smallest absolute Gasteiger partial charge is 0.252 e. The van der Waals surface area contributed by atoms with Crippen molar-refractivity contribution in [3.8, 4) is 11.1 Å². The van der Waals surface area contributed by atoms with Crippen LogP contribution in [0.1, 0.15) is 101 Å². The van der Waals surface area contributed by atoms with Crippen LogP contribution in [0.25, 0.3) is 11.1 Å². The van der Waals surface area contributed by atoms with Gasteiger partial charge in [-0.05, 0) is 165 Å². The molecule has 4 heteroatoms. The highest BCUT2D eigenvalue weighted by Gasteiger charge is 2.47. The van der Waals surface area contributed by atoms with Gasteiger partial charge in [0, 0.05) is 56.6 Å². The van der Waals surface area contributed by atoms with Gasteiger partial charge in [-0.25, -0.2) is 0 Å². The number of aryl methyl sites for hydroxylation is 1. The number of hydrogen-bond acceptors (Lipinski definition) is 3. The minimum Gasteiger partial charge on any atom is -0.311 e. The largest absolute Gasteiger partial charge is 0.311 e. The van der Waals surface area contributed by atoms with Crippen LogP contribution < -0.4 is 31.1 Å². The van der Waals surface area contributed by atoms with Gasteiger partial charge in [-0.15, -0.1) is 0 Å². The van der Waals surface area contributed by atoms with Crippen LogP contribution in [0.5, 0.6) is 0 Å². The topological polar surface area (TPSA) is 9.72 Å². The molecule has 1 fully saturated rings. The summed E-state index contributed by atoms with van der Waals surface area (Å²) in [5.41, 5.74) is 24.7. The molecule has 8 aromatic rings. The molecule has 330 valence electrons. The van der Waals surface area contributed by atoms with E-state index >= 15 is 0 Å². The van der Waals surface area contributed by atoms with Gasteiger partial charge in [-0.1, -0.05) is 158 Å². The molecule has 0 amide bonds. The number of anilines is 9. The van der Waals surface area contributed by atoms with Crippen LogP contribution in [-0.2, 0) is 16.2 Å². The lowest BCUT2D eigenvalue weighted by molar-refractivity contribution is 0.353. The van der Waals surface area contributed by atoms with Crippen molar-refractivity contribution in [1.29, 1.82) is 0 Å². The van der Waals surface area contributed by atoms with E-state index in [2.05, 4.69) is 239 Å². The zero-order valence-electron chi connectivity index (χ0n) is 40.2. The predicted molar refractivity (Wildman–Crippen MR) is 287 cm³/mol. The Balaban J connectivity index is 1.12.